The number of anilines is 1. The molecule has 0 N–H and O–H groups in total. The Morgan fingerprint density at radius 1 is 1.50 bits per heavy atom. The van der Waals surface area contributed by atoms with E-state index in [2.05, 4.69) is 30.0 Å². The van der Waals surface area contributed by atoms with Crippen LogP contribution < -0.4 is 4.90 Å². The summed E-state index contributed by atoms with van der Waals surface area (Å²) < 4.78 is 0. The predicted molar refractivity (Wildman–Crippen MR) is 75.1 cm³/mol. The van der Waals surface area contributed by atoms with Crippen molar-refractivity contribution in [2.75, 3.05) is 32.1 Å². The molecule has 0 amide bonds. The second-order valence-corrected chi connectivity index (χ2v) is 5.40. The third kappa shape index (κ3) is 2.60. The predicted octanol–water partition coefficient (Wildman–Crippen LogP) is 2.74. The first-order valence-electron chi connectivity index (χ1n) is 6.23. The molecule has 96 valence electrons. The van der Waals surface area contributed by atoms with E-state index in [1.807, 2.05) is 12.1 Å². The summed E-state index contributed by atoms with van der Waals surface area (Å²) in [5.41, 5.74) is 1.58. The van der Waals surface area contributed by atoms with Gasteiger partial charge in [-0.15, -0.1) is 0 Å². The van der Waals surface area contributed by atoms with Crippen LogP contribution in [0.15, 0.2) is 18.2 Å². The van der Waals surface area contributed by atoms with Gasteiger partial charge in [0.25, 0.3) is 0 Å². The Morgan fingerprint density at radius 3 is 2.94 bits per heavy atom. The molecule has 0 radical (unpaired) electrons. The fourth-order valence-electron chi connectivity index (χ4n) is 2.63. The number of hydrogen-bond acceptors (Lipinski definition) is 3. The lowest BCUT2D eigenvalue weighted by Crippen LogP contribution is -2.37. The Labute approximate surface area is 114 Å². The number of likely N-dealkylation sites (N-methyl/N-ethyl adjacent to an activating group) is 1. The van der Waals surface area contributed by atoms with Crippen molar-refractivity contribution in [2.45, 2.75) is 18.9 Å². The number of nitriles is 1. The number of hydrogen-bond donors (Lipinski definition) is 0. The van der Waals surface area contributed by atoms with Gasteiger partial charge in [-0.3, -0.25) is 0 Å². The highest BCUT2D eigenvalue weighted by Gasteiger charge is 2.27. The van der Waals surface area contributed by atoms with Crippen molar-refractivity contribution in [3.8, 4) is 6.07 Å². The molecule has 1 aromatic rings. The largest absolute Gasteiger partial charge is 0.366 e. The molecule has 1 fully saturated rings. The Morgan fingerprint density at radius 2 is 2.28 bits per heavy atom. The fraction of sp³-hybridized carbons (Fsp3) is 0.500. The van der Waals surface area contributed by atoms with Crippen LogP contribution in [-0.4, -0.2) is 38.1 Å². The molecule has 2 rings (SSSR count). The molecule has 1 atom stereocenters. The van der Waals surface area contributed by atoms with Crippen LogP contribution in [0, 0.1) is 11.3 Å². The van der Waals surface area contributed by atoms with Gasteiger partial charge in [-0.25, -0.2) is 0 Å². The van der Waals surface area contributed by atoms with E-state index in [0.29, 0.717) is 16.6 Å². The number of nitrogens with zero attached hydrogens (tertiary/aromatic N) is 3. The number of benzene rings is 1. The molecule has 1 aromatic carbocycles. The zero-order valence-electron chi connectivity index (χ0n) is 10.9. The van der Waals surface area contributed by atoms with Gasteiger partial charge in [0.1, 0.15) is 6.07 Å². The van der Waals surface area contributed by atoms with Gasteiger partial charge in [0.05, 0.1) is 16.3 Å². The summed E-state index contributed by atoms with van der Waals surface area (Å²) in [4.78, 5) is 4.52. The Kier molecular flexibility index (Phi) is 4.11. The third-order valence-electron chi connectivity index (χ3n) is 3.37. The molecular formula is C14H18ClN3. The highest BCUT2D eigenvalue weighted by molar-refractivity contribution is 6.32. The molecule has 0 spiro atoms. The van der Waals surface area contributed by atoms with Gasteiger partial charge in [0, 0.05) is 19.1 Å². The maximum absolute atomic E-state index is 9.26. The van der Waals surface area contributed by atoms with Crippen LogP contribution in [-0.2, 0) is 0 Å². The van der Waals surface area contributed by atoms with Crippen LogP contribution in [0.2, 0.25) is 5.02 Å². The molecule has 1 heterocycles. The van der Waals surface area contributed by atoms with Gasteiger partial charge in [0.2, 0.25) is 0 Å². The van der Waals surface area contributed by atoms with E-state index in [4.69, 9.17) is 11.6 Å². The molecule has 18 heavy (non-hydrogen) atoms. The molecule has 4 heteroatoms. The second kappa shape index (κ2) is 5.60. The molecule has 0 bridgehead atoms. The fourth-order valence-corrected chi connectivity index (χ4v) is 2.84. The zero-order chi connectivity index (χ0) is 13.1. The lowest BCUT2D eigenvalue weighted by atomic mass is 10.1. The smallest absolute Gasteiger partial charge is 0.103 e. The van der Waals surface area contributed by atoms with Crippen LogP contribution in [0.1, 0.15) is 18.4 Å². The molecule has 1 aliphatic rings. The maximum atomic E-state index is 9.26. The minimum Gasteiger partial charge on any atom is -0.366 e. The minimum absolute atomic E-state index is 0.477. The van der Waals surface area contributed by atoms with Crippen LogP contribution in [0.5, 0.6) is 0 Å². The topological polar surface area (TPSA) is 30.3 Å². The molecule has 0 aliphatic carbocycles. The molecule has 0 aromatic heterocycles. The van der Waals surface area contributed by atoms with Crippen LogP contribution >= 0.6 is 11.6 Å². The van der Waals surface area contributed by atoms with Gasteiger partial charge in [0.15, 0.2) is 0 Å². The van der Waals surface area contributed by atoms with E-state index in [1.54, 1.807) is 6.07 Å². The first-order chi connectivity index (χ1) is 8.63. The van der Waals surface area contributed by atoms with Gasteiger partial charge in [-0.05, 0) is 39.1 Å². The Balaban J connectivity index is 2.31. The van der Waals surface area contributed by atoms with Gasteiger partial charge in [-0.2, -0.15) is 5.26 Å². The molecule has 1 aliphatic heterocycles. The lowest BCUT2D eigenvalue weighted by Gasteiger charge is -2.29. The van der Waals surface area contributed by atoms with E-state index in [0.717, 1.165) is 18.8 Å². The average molecular weight is 264 g/mol. The standard InChI is InChI=1S/C14H18ClN3/c1-17(2)10-11-5-4-8-18(11)14-7-3-6-13(15)12(14)9-16/h3,6-7,11H,4-5,8,10H2,1-2H3. The zero-order valence-corrected chi connectivity index (χ0v) is 11.6. The summed E-state index contributed by atoms with van der Waals surface area (Å²) in [6.45, 7) is 2.02. The molecular weight excluding hydrogens is 246 g/mol. The third-order valence-corrected chi connectivity index (χ3v) is 3.68. The van der Waals surface area contributed by atoms with Crippen molar-refractivity contribution in [3.63, 3.8) is 0 Å². The van der Waals surface area contributed by atoms with Crippen LogP contribution in [0.3, 0.4) is 0 Å². The minimum atomic E-state index is 0.477. The highest BCUT2D eigenvalue weighted by Crippen LogP contribution is 2.32. The Hall–Kier alpha value is -1.24. The van der Waals surface area contributed by atoms with Gasteiger partial charge >= 0.3 is 0 Å². The maximum Gasteiger partial charge on any atom is 0.103 e. The lowest BCUT2D eigenvalue weighted by molar-refractivity contribution is 0.372. The molecule has 1 unspecified atom stereocenters. The van der Waals surface area contributed by atoms with E-state index >= 15 is 0 Å². The first kappa shape index (κ1) is 13.2. The van der Waals surface area contributed by atoms with Crippen molar-refractivity contribution in [2.24, 2.45) is 0 Å². The SMILES string of the molecule is CN(C)CC1CCCN1c1cccc(Cl)c1C#N. The summed E-state index contributed by atoms with van der Waals surface area (Å²) in [5.74, 6) is 0. The summed E-state index contributed by atoms with van der Waals surface area (Å²) in [6, 6.07) is 8.40. The van der Waals surface area contributed by atoms with Crippen molar-refractivity contribution >= 4 is 17.3 Å². The average Bonchev–Trinajstić information content (AvgIpc) is 2.75. The second-order valence-electron chi connectivity index (χ2n) is 5.00. The number of halogens is 1. The molecule has 1 saturated heterocycles. The molecule has 3 nitrogen and oxygen atoms in total. The quantitative estimate of drug-likeness (QED) is 0.840. The summed E-state index contributed by atoms with van der Waals surface area (Å²) >= 11 is 6.10. The normalized spacial score (nSPS) is 19.3. The van der Waals surface area contributed by atoms with Crippen LogP contribution in [0.4, 0.5) is 5.69 Å². The van der Waals surface area contributed by atoms with Crippen molar-refractivity contribution < 1.29 is 0 Å². The summed E-state index contributed by atoms with van der Waals surface area (Å²) in [5, 5.41) is 9.80. The first-order valence-corrected chi connectivity index (χ1v) is 6.61. The highest BCUT2D eigenvalue weighted by atomic mass is 35.5. The van der Waals surface area contributed by atoms with Gasteiger partial charge < -0.3 is 9.80 Å². The van der Waals surface area contributed by atoms with E-state index in [-0.39, 0.29) is 0 Å². The Bertz CT molecular complexity index is 465. The van der Waals surface area contributed by atoms with Crippen molar-refractivity contribution in [1.82, 2.24) is 4.90 Å². The van der Waals surface area contributed by atoms with Crippen molar-refractivity contribution in [1.29, 1.82) is 5.26 Å². The summed E-state index contributed by atoms with van der Waals surface area (Å²) in [7, 11) is 4.17. The monoisotopic (exact) mass is 263 g/mol. The number of rotatable bonds is 3. The van der Waals surface area contributed by atoms with E-state index < -0.39 is 0 Å². The van der Waals surface area contributed by atoms with Crippen molar-refractivity contribution in [3.05, 3.63) is 28.8 Å². The van der Waals surface area contributed by atoms with E-state index in [1.165, 1.54) is 12.8 Å². The van der Waals surface area contributed by atoms with E-state index in [9.17, 15) is 5.26 Å². The summed E-state index contributed by atoms with van der Waals surface area (Å²) in [6.07, 6.45) is 2.35. The van der Waals surface area contributed by atoms with Gasteiger partial charge in [-0.1, -0.05) is 17.7 Å². The molecule has 0 saturated carbocycles. The van der Waals surface area contributed by atoms with Crippen LogP contribution in [0.25, 0.3) is 0 Å².